The van der Waals surface area contributed by atoms with Gasteiger partial charge in [-0.1, -0.05) is 16.8 Å². The Hall–Kier alpha value is -2.82. The van der Waals surface area contributed by atoms with Gasteiger partial charge in [0.2, 0.25) is 5.91 Å². The summed E-state index contributed by atoms with van der Waals surface area (Å²) in [6, 6.07) is 13.5. The minimum atomic E-state index is -0.112. The Bertz CT molecular complexity index is 835. The van der Waals surface area contributed by atoms with Crippen LogP contribution in [0.4, 0.5) is 11.4 Å². The van der Waals surface area contributed by atoms with Crippen LogP contribution in [-0.2, 0) is 11.2 Å². The van der Waals surface area contributed by atoms with Crippen LogP contribution >= 0.6 is 0 Å². The Balaban J connectivity index is 1.72. The second-order valence-electron chi connectivity index (χ2n) is 5.80. The summed E-state index contributed by atoms with van der Waals surface area (Å²) in [5.41, 5.74) is 4.33. The number of benzene rings is 2. The summed E-state index contributed by atoms with van der Waals surface area (Å²) in [7, 11) is 3.95. The van der Waals surface area contributed by atoms with Gasteiger partial charge in [0.15, 0.2) is 5.58 Å². The quantitative estimate of drug-likeness (QED) is 0.802. The first kappa shape index (κ1) is 15.1. The third-order valence-electron chi connectivity index (χ3n) is 3.70. The van der Waals surface area contributed by atoms with E-state index in [1.54, 1.807) is 0 Å². The average molecular weight is 309 g/mol. The number of rotatable bonds is 4. The lowest BCUT2D eigenvalue weighted by Gasteiger charge is -2.12. The molecule has 0 saturated heterocycles. The van der Waals surface area contributed by atoms with E-state index in [1.807, 2.05) is 68.4 Å². The normalized spacial score (nSPS) is 10.7. The molecule has 0 aliphatic rings. The van der Waals surface area contributed by atoms with Gasteiger partial charge in [0.1, 0.15) is 5.69 Å². The van der Waals surface area contributed by atoms with Gasteiger partial charge in [-0.3, -0.25) is 4.79 Å². The molecular weight excluding hydrogens is 290 g/mol. The van der Waals surface area contributed by atoms with Crippen molar-refractivity contribution in [2.24, 2.45) is 0 Å². The Labute approximate surface area is 134 Å². The van der Waals surface area contributed by atoms with Crippen molar-refractivity contribution in [2.75, 3.05) is 24.3 Å². The highest BCUT2D eigenvalue weighted by molar-refractivity contribution is 5.94. The second kappa shape index (κ2) is 6.12. The molecule has 1 heterocycles. The summed E-state index contributed by atoms with van der Waals surface area (Å²) in [6.07, 6.45) is 0.186. The molecule has 0 fully saturated rings. The van der Waals surface area contributed by atoms with Crippen LogP contribution in [0, 0.1) is 6.92 Å². The van der Waals surface area contributed by atoms with E-state index in [9.17, 15) is 4.79 Å². The number of carbonyl (C=O) groups excluding carboxylic acids is 1. The van der Waals surface area contributed by atoms with E-state index in [0.29, 0.717) is 11.3 Å². The highest BCUT2D eigenvalue weighted by Gasteiger charge is 2.12. The van der Waals surface area contributed by atoms with E-state index in [-0.39, 0.29) is 12.3 Å². The summed E-state index contributed by atoms with van der Waals surface area (Å²) in [5, 5.41) is 7.79. The van der Waals surface area contributed by atoms with Gasteiger partial charge >= 0.3 is 0 Å². The molecule has 23 heavy (non-hydrogen) atoms. The van der Waals surface area contributed by atoms with Crippen LogP contribution in [0.3, 0.4) is 0 Å². The zero-order chi connectivity index (χ0) is 16.4. The van der Waals surface area contributed by atoms with Crippen LogP contribution in [0.2, 0.25) is 0 Å². The number of hydrogen-bond donors (Lipinski definition) is 1. The summed E-state index contributed by atoms with van der Waals surface area (Å²) in [6.45, 7) is 2.00. The number of aromatic nitrogens is 1. The molecule has 0 bridgehead atoms. The third-order valence-corrected chi connectivity index (χ3v) is 3.70. The summed E-state index contributed by atoms with van der Waals surface area (Å²) in [5.74, 6) is -0.112. The van der Waals surface area contributed by atoms with Crippen LogP contribution in [0.25, 0.3) is 11.0 Å². The highest BCUT2D eigenvalue weighted by Crippen LogP contribution is 2.21. The summed E-state index contributed by atoms with van der Waals surface area (Å²) >= 11 is 0. The third kappa shape index (κ3) is 3.34. The van der Waals surface area contributed by atoms with Crippen molar-refractivity contribution in [3.63, 3.8) is 0 Å². The molecule has 1 amide bonds. The van der Waals surface area contributed by atoms with Gasteiger partial charge in [-0.2, -0.15) is 0 Å². The molecular formula is C18H19N3O2. The smallest absolute Gasteiger partial charge is 0.230 e. The zero-order valence-electron chi connectivity index (χ0n) is 13.5. The Morgan fingerprint density at radius 1 is 1.17 bits per heavy atom. The van der Waals surface area contributed by atoms with E-state index in [1.165, 1.54) is 0 Å². The van der Waals surface area contributed by atoms with Gasteiger partial charge in [-0.15, -0.1) is 0 Å². The number of nitrogens with one attached hydrogen (secondary N) is 1. The molecule has 0 unspecified atom stereocenters. The van der Waals surface area contributed by atoms with Gasteiger partial charge in [0, 0.05) is 30.9 Å². The first-order valence-electron chi connectivity index (χ1n) is 7.45. The number of aryl methyl sites for hydroxylation is 1. The maximum Gasteiger partial charge on any atom is 0.230 e. The minimum absolute atomic E-state index is 0.112. The van der Waals surface area contributed by atoms with Gasteiger partial charge in [-0.25, -0.2) is 0 Å². The van der Waals surface area contributed by atoms with Crippen LogP contribution < -0.4 is 10.2 Å². The molecule has 1 aromatic heterocycles. The van der Waals surface area contributed by atoms with Gasteiger partial charge in [0.25, 0.3) is 0 Å². The Kier molecular flexibility index (Phi) is 4.02. The highest BCUT2D eigenvalue weighted by atomic mass is 16.5. The van der Waals surface area contributed by atoms with Crippen molar-refractivity contribution in [1.82, 2.24) is 5.16 Å². The number of amides is 1. The molecule has 0 atom stereocenters. The standard InChI is InChI=1S/C18H19N3O2/c1-12-4-9-17-15(10-12)16(20-23-17)11-18(22)19-13-5-7-14(8-6-13)21(2)3/h4-10H,11H2,1-3H3,(H,19,22). The molecule has 0 aliphatic carbocycles. The molecule has 5 nitrogen and oxygen atoms in total. The van der Waals surface area contributed by atoms with Crippen molar-refractivity contribution in [2.45, 2.75) is 13.3 Å². The molecule has 2 aromatic carbocycles. The zero-order valence-corrected chi connectivity index (χ0v) is 13.5. The van der Waals surface area contributed by atoms with Crippen LogP contribution in [-0.4, -0.2) is 25.2 Å². The first-order valence-corrected chi connectivity index (χ1v) is 7.45. The van der Waals surface area contributed by atoms with E-state index in [2.05, 4.69) is 10.5 Å². The predicted molar refractivity (Wildman–Crippen MR) is 91.8 cm³/mol. The number of anilines is 2. The maximum absolute atomic E-state index is 12.2. The van der Waals surface area contributed by atoms with Crippen molar-refractivity contribution in [3.8, 4) is 0 Å². The molecule has 0 aliphatic heterocycles. The SMILES string of the molecule is Cc1ccc2onc(CC(=O)Nc3ccc(N(C)C)cc3)c2c1. The molecule has 118 valence electrons. The molecule has 5 heteroatoms. The van der Waals surface area contributed by atoms with E-state index in [4.69, 9.17) is 4.52 Å². The Morgan fingerprint density at radius 2 is 1.91 bits per heavy atom. The van der Waals surface area contributed by atoms with Gasteiger partial charge < -0.3 is 14.7 Å². The number of nitrogens with zero attached hydrogens (tertiary/aromatic N) is 2. The molecule has 0 saturated carbocycles. The summed E-state index contributed by atoms with van der Waals surface area (Å²) in [4.78, 5) is 14.2. The predicted octanol–water partition coefficient (Wildman–Crippen LogP) is 3.38. The molecule has 1 N–H and O–H groups in total. The topological polar surface area (TPSA) is 58.4 Å². The average Bonchev–Trinajstić information content (AvgIpc) is 2.90. The van der Waals surface area contributed by atoms with Crippen molar-refractivity contribution in [1.29, 1.82) is 0 Å². The monoisotopic (exact) mass is 309 g/mol. The van der Waals surface area contributed by atoms with Crippen molar-refractivity contribution in [3.05, 3.63) is 53.7 Å². The van der Waals surface area contributed by atoms with E-state index in [0.717, 1.165) is 22.3 Å². The second-order valence-corrected chi connectivity index (χ2v) is 5.80. The lowest BCUT2D eigenvalue weighted by Crippen LogP contribution is -2.15. The van der Waals surface area contributed by atoms with Crippen LogP contribution in [0.5, 0.6) is 0 Å². The molecule has 3 aromatic rings. The number of carbonyl (C=O) groups is 1. The fourth-order valence-corrected chi connectivity index (χ4v) is 2.43. The van der Waals surface area contributed by atoms with Crippen LogP contribution in [0.15, 0.2) is 47.0 Å². The first-order chi connectivity index (χ1) is 11.0. The van der Waals surface area contributed by atoms with E-state index < -0.39 is 0 Å². The van der Waals surface area contributed by atoms with Crippen molar-refractivity contribution >= 4 is 28.3 Å². The lowest BCUT2D eigenvalue weighted by molar-refractivity contribution is -0.115. The molecule has 3 rings (SSSR count). The van der Waals surface area contributed by atoms with Crippen LogP contribution in [0.1, 0.15) is 11.3 Å². The van der Waals surface area contributed by atoms with Gasteiger partial charge in [0.05, 0.1) is 6.42 Å². The number of fused-ring (bicyclic) bond motifs is 1. The van der Waals surface area contributed by atoms with Gasteiger partial charge in [-0.05, 0) is 43.3 Å². The minimum Gasteiger partial charge on any atom is -0.378 e. The molecule has 0 radical (unpaired) electrons. The fourth-order valence-electron chi connectivity index (χ4n) is 2.43. The van der Waals surface area contributed by atoms with Crippen molar-refractivity contribution < 1.29 is 9.32 Å². The largest absolute Gasteiger partial charge is 0.378 e. The number of hydrogen-bond acceptors (Lipinski definition) is 4. The Morgan fingerprint density at radius 3 is 2.61 bits per heavy atom. The summed E-state index contributed by atoms with van der Waals surface area (Å²) < 4.78 is 5.26. The maximum atomic E-state index is 12.2. The molecule has 0 spiro atoms. The van der Waals surface area contributed by atoms with E-state index >= 15 is 0 Å². The lowest BCUT2D eigenvalue weighted by atomic mass is 10.1. The fraction of sp³-hybridized carbons (Fsp3) is 0.222.